The van der Waals surface area contributed by atoms with Gasteiger partial charge in [-0.15, -0.1) is 0 Å². The van der Waals surface area contributed by atoms with Crippen LogP contribution in [0.1, 0.15) is 22.3 Å². The van der Waals surface area contributed by atoms with E-state index in [4.69, 9.17) is 0 Å². The van der Waals surface area contributed by atoms with E-state index < -0.39 is 0 Å². The van der Waals surface area contributed by atoms with Gasteiger partial charge in [-0.2, -0.15) is 0 Å². The molecule has 5 rings (SSSR count). The lowest BCUT2D eigenvalue weighted by Crippen LogP contribution is -2.35. The molecule has 0 N–H and O–H groups in total. The Balaban J connectivity index is 1.69. The molecule has 0 radical (unpaired) electrons. The highest BCUT2D eigenvalue weighted by molar-refractivity contribution is 6.46. The van der Waals surface area contributed by atoms with Gasteiger partial charge in [0.2, 0.25) is 0 Å². The number of rotatable bonds is 4. The average molecular weight is 438 g/mol. The van der Waals surface area contributed by atoms with E-state index in [-0.39, 0.29) is 11.8 Å². The van der Waals surface area contributed by atoms with Crippen molar-refractivity contribution in [2.24, 2.45) is 0 Å². The smallest absolute Gasteiger partial charge is 0.282 e. The fraction of sp³-hybridized carbons (Fsp3) is 0.214. The summed E-state index contributed by atoms with van der Waals surface area (Å²) in [4.78, 5) is 33.1. The fourth-order valence-electron chi connectivity index (χ4n) is 4.64. The number of amides is 2. The van der Waals surface area contributed by atoms with Crippen molar-refractivity contribution in [2.45, 2.75) is 20.3 Å². The number of benzene rings is 3. The molecule has 0 saturated heterocycles. The van der Waals surface area contributed by atoms with Crippen LogP contribution in [0.4, 0.5) is 17.1 Å². The van der Waals surface area contributed by atoms with Crippen LogP contribution in [0, 0.1) is 13.8 Å². The maximum atomic E-state index is 13.9. The predicted octanol–water partition coefficient (Wildman–Crippen LogP) is 4.72. The van der Waals surface area contributed by atoms with Gasteiger partial charge >= 0.3 is 0 Å². The molecule has 2 heterocycles. The van der Waals surface area contributed by atoms with E-state index in [1.807, 2.05) is 98.4 Å². The molecule has 0 saturated carbocycles. The van der Waals surface area contributed by atoms with Gasteiger partial charge in [0.05, 0.1) is 11.3 Å². The summed E-state index contributed by atoms with van der Waals surface area (Å²) < 4.78 is 0. The van der Waals surface area contributed by atoms with Gasteiger partial charge in [-0.25, -0.2) is 4.90 Å². The summed E-state index contributed by atoms with van der Waals surface area (Å²) in [5.74, 6) is -0.556. The summed E-state index contributed by atoms with van der Waals surface area (Å²) in [5, 5.41) is 0. The van der Waals surface area contributed by atoms with Gasteiger partial charge < -0.3 is 9.80 Å². The zero-order chi connectivity index (χ0) is 23.3. The topological polar surface area (TPSA) is 43.9 Å². The first kappa shape index (κ1) is 21.0. The minimum Gasteiger partial charge on any atom is -0.378 e. The normalized spacial score (nSPS) is 15.5. The molecule has 0 fully saturated rings. The van der Waals surface area contributed by atoms with Crippen LogP contribution in [0.5, 0.6) is 0 Å². The number of carbonyl (C=O) groups excluding carboxylic acids is 2. The molecule has 166 valence electrons. The van der Waals surface area contributed by atoms with Gasteiger partial charge in [0, 0.05) is 32.0 Å². The van der Waals surface area contributed by atoms with Gasteiger partial charge in [0.1, 0.15) is 5.70 Å². The highest BCUT2D eigenvalue weighted by Gasteiger charge is 2.44. The van der Waals surface area contributed by atoms with Crippen molar-refractivity contribution in [3.05, 3.63) is 94.7 Å². The number of anilines is 3. The Labute approximate surface area is 194 Å². The first-order valence-corrected chi connectivity index (χ1v) is 11.2. The van der Waals surface area contributed by atoms with Crippen LogP contribution in [0.3, 0.4) is 0 Å². The molecule has 2 aliphatic heterocycles. The van der Waals surface area contributed by atoms with Gasteiger partial charge in [-0.1, -0.05) is 42.5 Å². The molecule has 5 nitrogen and oxygen atoms in total. The largest absolute Gasteiger partial charge is 0.378 e. The van der Waals surface area contributed by atoms with Crippen molar-refractivity contribution in [2.75, 3.05) is 35.3 Å². The minimum absolute atomic E-state index is 0.277. The predicted molar refractivity (Wildman–Crippen MR) is 134 cm³/mol. The molecule has 33 heavy (non-hydrogen) atoms. The molecule has 0 atom stereocenters. The second-order valence-corrected chi connectivity index (χ2v) is 8.91. The van der Waals surface area contributed by atoms with E-state index in [2.05, 4.69) is 6.07 Å². The number of hydrogen-bond acceptors (Lipinski definition) is 4. The maximum Gasteiger partial charge on any atom is 0.282 e. The van der Waals surface area contributed by atoms with Crippen molar-refractivity contribution in [1.82, 2.24) is 0 Å². The summed E-state index contributed by atoms with van der Waals surface area (Å²) in [5.41, 5.74) is 7.66. The first-order chi connectivity index (χ1) is 15.9. The third-order valence-electron chi connectivity index (χ3n) is 6.62. The molecule has 2 amide bonds. The molecular weight excluding hydrogens is 410 g/mol. The number of hydrogen-bond donors (Lipinski definition) is 0. The molecule has 2 aliphatic rings. The Morgan fingerprint density at radius 1 is 0.818 bits per heavy atom. The Hall–Kier alpha value is -3.86. The lowest BCUT2D eigenvalue weighted by atomic mass is 9.99. The molecule has 5 heteroatoms. The zero-order valence-corrected chi connectivity index (χ0v) is 19.4. The molecule has 0 spiro atoms. The highest BCUT2D eigenvalue weighted by atomic mass is 16.2. The van der Waals surface area contributed by atoms with Gasteiger partial charge in [-0.3, -0.25) is 9.59 Å². The van der Waals surface area contributed by atoms with E-state index in [0.29, 0.717) is 23.5 Å². The summed E-state index contributed by atoms with van der Waals surface area (Å²) in [7, 11) is 3.89. The quantitative estimate of drug-likeness (QED) is 0.554. The molecule has 3 aromatic carbocycles. The standard InChI is InChI=1S/C28H27N3O2/c1-18-12-13-21(16-19(18)2)25-26(30-15-14-20-8-5-6-11-24(20)30)28(33)31(27(25)32)23-10-7-9-22(17-23)29(3)4/h5-13,16-17H,14-15H2,1-4H3. The Kier molecular flexibility index (Phi) is 5.05. The molecule has 3 aromatic rings. The number of para-hydroxylation sites is 1. The minimum atomic E-state index is -0.279. The third kappa shape index (κ3) is 3.41. The van der Waals surface area contributed by atoms with E-state index in [9.17, 15) is 9.59 Å². The number of carbonyl (C=O) groups is 2. The number of nitrogens with zero attached hydrogens (tertiary/aromatic N) is 3. The van der Waals surface area contributed by atoms with E-state index in [1.165, 1.54) is 10.5 Å². The fourth-order valence-corrected chi connectivity index (χ4v) is 4.64. The lowest BCUT2D eigenvalue weighted by Gasteiger charge is -2.22. The van der Waals surface area contributed by atoms with E-state index >= 15 is 0 Å². The lowest BCUT2D eigenvalue weighted by molar-refractivity contribution is -0.120. The van der Waals surface area contributed by atoms with Crippen molar-refractivity contribution in [3.8, 4) is 0 Å². The second kappa shape index (κ2) is 7.93. The van der Waals surface area contributed by atoms with Crippen molar-refractivity contribution in [3.63, 3.8) is 0 Å². The monoisotopic (exact) mass is 437 g/mol. The van der Waals surface area contributed by atoms with Crippen LogP contribution in [-0.2, 0) is 16.0 Å². The van der Waals surface area contributed by atoms with Gasteiger partial charge in [0.25, 0.3) is 11.8 Å². The van der Waals surface area contributed by atoms with Crippen LogP contribution in [-0.4, -0.2) is 32.5 Å². The van der Waals surface area contributed by atoms with Crippen molar-refractivity contribution >= 4 is 34.4 Å². The highest BCUT2D eigenvalue weighted by Crippen LogP contribution is 2.40. The average Bonchev–Trinajstić information content (AvgIpc) is 3.33. The first-order valence-electron chi connectivity index (χ1n) is 11.2. The SMILES string of the molecule is Cc1ccc(C2=C(N3CCc4ccccc43)C(=O)N(c3cccc(N(C)C)c3)C2=O)cc1C. The Bertz CT molecular complexity index is 1320. The Morgan fingerprint density at radius 2 is 1.61 bits per heavy atom. The molecule has 0 aliphatic carbocycles. The van der Waals surface area contributed by atoms with Crippen LogP contribution >= 0.6 is 0 Å². The summed E-state index contributed by atoms with van der Waals surface area (Å²) in [6.07, 6.45) is 0.845. The summed E-state index contributed by atoms with van der Waals surface area (Å²) >= 11 is 0. The number of fused-ring (bicyclic) bond motifs is 1. The molecular formula is C28H27N3O2. The maximum absolute atomic E-state index is 13.9. The van der Waals surface area contributed by atoms with Gasteiger partial charge in [-0.05, 0) is 66.8 Å². The molecule has 0 bridgehead atoms. The van der Waals surface area contributed by atoms with E-state index in [1.54, 1.807) is 0 Å². The number of aryl methyl sites for hydroxylation is 2. The summed E-state index contributed by atoms with van der Waals surface area (Å²) in [6.45, 7) is 4.75. The van der Waals surface area contributed by atoms with Crippen LogP contribution < -0.4 is 14.7 Å². The molecule has 0 aromatic heterocycles. The zero-order valence-electron chi connectivity index (χ0n) is 19.4. The van der Waals surface area contributed by atoms with Crippen molar-refractivity contribution in [1.29, 1.82) is 0 Å². The van der Waals surface area contributed by atoms with Crippen LogP contribution in [0.2, 0.25) is 0 Å². The van der Waals surface area contributed by atoms with E-state index in [0.717, 1.165) is 34.5 Å². The van der Waals surface area contributed by atoms with Crippen molar-refractivity contribution < 1.29 is 9.59 Å². The van der Waals surface area contributed by atoms with Gasteiger partial charge in [0.15, 0.2) is 0 Å². The molecule has 0 unspecified atom stereocenters. The number of imide groups is 1. The van der Waals surface area contributed by atoms with Crippen LogP contribution in [0.15, 0.2) is 72.4 Å². The second-order valence-electron chi connectivity index (χ2n) is 8.91. The summed E-state index contributed by atoms with van der Waals surface area (Å²) in [6, 6.07) is 21.6. The van der Waals surface area contributed by atoms with Crippen LogP contribution in [0.25, 0.3) is 5.57 Å². The Morgan fingerprint density at radius 3 is 2.36 bits per heavy atom. The third-order valence-corrected chi connectivity index (χ3v) is 6.62.